The minimum absolute atomic E-state index is 0.0957. The lowest BCUT2D eigenvalue weighted by atomic mass is 10.0. The minimum atomic E-state index is -4.49. The Kier molecular flexibility index (Phi) is 7.52. The molecule has 1 fully saturated rings. The molecule has 1 amide bonds. The third kappa shape index (κ3) is 6.24. The molecule has 2 aromatic carbocycles. The average Bonchev–Trinajstić information content (AvgIpc) is 2.98. The van der Waals surface area contributed by atoms with Crippen LogP contribution in [0.25, 0.3) is 16.8 Å². The van der Waals surface area contributed by atoms with Crippen molar-refractivity contribution in [1.29, 1.82) is 5.26 Å². The third-order valence-electron chi connectivity index (χ3n) is 6.76. The van der Waals surface area contributed by atoms with Crippen LogP contribution in [0.15, 0.2) is 65.6 Å². The number of alkyl halides is 3. The molecule has 0 bridgehead atoms. The number of pyridine rings is 1. The summed E-state index contributed by atoms with van der Waals surface area (Å²) in [4.78, 5) is 33.3. The SMILES string of the molecule is N#Cc1ccc(N2CCN(C(=O)c3cc(Cc4n[nH]c(=O)c5ccc(C=CC(F)(F)F)cc45)ccc3F)CC2)nc1. The van der Waals surface area contributed by atoms with Crippen LogP contribution in [0.3, 0.4) is 0 Å². The Hall–Kier alpha value is -5.05. The van der Waals surface area contributed by atoms with E-state index in [1.807, 2.05) is 11.0 Å². The highest BCUT2D eigenvalue weighted by Gasteiger charge is 2.25. The van der Waals surface area contributed by atoms with Gasteiger partial charge in [-0.05, 0) is 47.5 Å². The molecule has 8 nitrogen and oxygen atoms in total. The van der Waals surface area contributed by atoms with E-state index in [1.54, 1.807) is 17.0 Å². The molecule has 0 spiro atoms. The molecule has 0 atom stereocenters. The summed E-state index contributed by atoms with van der Waals surface area (Å²) in [6, 6.07) is 13.8. The Bertz CT molecular complexity index is 1730. The molecule has 1 aliphatic rings. The van der Waals surface area contributed by atoms with Crippen molar-refractivity contribution < 1.29 is 22.4 Å². The third-order valence-corrected chi connectivity index (χ3v) is 6.76. The summed E-state index contributed by atoms with van der Waals surface area (Å²) < 4.78 is 52.8. The Labute approximate surface area is 231 Å². The number of aromatic nitrogens is 3. The van der Waals surface area contributed by atoms with Gasteiger partial charge in [0.1, 0.15) is 17.7 Å². The van der Waals surface area contributed by atoms with Crippen molar-refractivity contribution >= 4 is 28.6 Å². The summed E-state index contributed by atoms with van der Waals surface area (Å²) in [6.45, 7) is 1.63. The van der Waals surface area contributed by atoms with Crippen molar-refractivity contribution in [3.05, 3.63) is 105 Å². The van der Waals surface area contributed by atoms with Gasteiger partial charge in [-0.15, -0.1) is 0 Å². The second-order valence-electron chi connectivity index (χ2n) is 9.47. The van der Waals surface area contributed by atoms with Gasteiger partial charge < -0.3 is 9.80 Å². The minimum Gasteiger partial charge on any atom is -0.353 e. The lowest BCUT2D eigenvalue weighted by molar-refractivity contribution is -0.0790. The smallest absolute Gasteiger partial charge is 0.353 e. The summed E-state index contributed by atoms with van der Waals surface area (Å²) in [5.74, 6) is -0.480. The Morgan fingerprint density at radius 1 is 1.05 bits per heavy atom. The monoisotopic (exact) mass is 562 g/mol. The van der Waals surface area contributed by atoms with Gasteiger partial charge in [-0.2, -0.15) is 23.5 Å². The fraction of sp³-hybridized carbons (Fsp3) is 0.207. The number of nitriles is 1. The fourth-order valence-corrected chi connectivity index (χ4v) is 4.65. The van der Waals surface area contributed by atoms with Gasteiger partial charge >= 0.3 is 6.18 Å². The van der Waals surface area contributed by atoms with Crippen LogP contribution >= 0.6 is 0 Å². The molecule has 0 aliphatic carbocycles. The largest absolute Gasteiger partial charge is 0.409 e. The number of anilines is 1. The first kappa shape index (κ1) is 27.5. The number of benzene rings is 2. The summed E-state index contributed by atoms with van der Waals surface area (Å²) >= 11 is 0. The predicted octanol–water partition coefficient (Wildman–Crippen LogP) is 4.46. The van der Waals surface area contributed by atoms with Crippen molar-refractivity contribution in [2.45, 2.75) is 12.6 Å². The molecule has 208 valence electrons. The molecule has 1 aliphatic heterocycles. The number of aromatic amines is 1. The zero-order chi connectivity index (χ0) is 29.1. The molecule has 41 heavy (non-hydrogen) atoms. The first-order valence-corrected chi connectivity index (χ1v) is 12.6. The van der Waals surface area contributed by atoms with E-state index >= 15 is 0 Å². The van der Waals surface area contributed by atoms with E-state index in [-0.39, 0.29) is 29.0 Å². The van der Waals surface area contributed by atoms with Gasteiger partial charge in [0.25, 0.3) is 11.5 Å². The van der Waals surface area contributed by atoms with E-state index in [2.05, 4.69) is 15.2 Å². The molecule has 2 aromatic heterocycles. The Morgan fingerprint density at radius 2 is 1.83 bits per heavy atom. The molecule has 1 N–H and O–H groups in total. The van der Waals surface area contributed by atoms with Crippen molar-refractivity contribution in [2.75, 3.05) is 31.1 Å². The molecule has 0 radical (unpaired) electrons. The van der Waals surface area contributed by atoms with Crippen LogP contribution in [0.1, 0.15) is 32.7 Å². The second-order valence-corrected chi connectivity index (χ2v) is 9.47. The van der Waals surface area contributed by atoms with Crippen molar-refractivity contribution in [3.63, 3.8) is 0 Å². The normalized spacial score (nSPS) is 14.0. The maximum atomic E-state index is 14.8. The maximum Gasteiger partial charge on any atom is 0.409 e. The number of hydrogen-bond donors (Lipinski definition) is 1. The van der Waals surface area contributed by atoms with E-state index < -0.39 is 23.5 Å². The Balaban J connectivity index is 1.35. The van der Waals surface area contributed by atoms with E-state index in [1.165, 1.54) is 42.6 Å². The number of nitrogens with zero attached hydrogens (tertiary/aromatic N) is 5. The number of hydrogen-bond acceptors (Lipinski definition) is 6. The van der Waals surface area contributed by atoms with E-state index in [9.17, 15) is 27.2 Å². The standard InChI is InChI=1S/C29H22F4N6O2/c30-24-5-2-19(15-25-22-13-18(7-8-29(31,32)33)1-4-21(22)27(40)37-36-25)14-23(24)28(41)39-11-9-38(10-12-39)26-6-3-20(16-34)17-35-26/h1-8,13-14,17H,9-12,15H2,(H,37,40). The number of nitrogens with one attached hydrogen (secondary N) is 1. The number of allylic oxidation sites excluding steroid dienone is 1. The van der Waals surface area contributed by atoms with Gasteiger partial charge in [-0.3, -0.25) is 9.59 Å². The van der Waals surface area contributed by atoms with Crippen LogP contribution in [-0.4, -0.2) is 58.3 Å². The maximum absolute atomic E-state index is 14.8. The van der Waals surface area contributed by atoms with E-state index in [0.29, 0.717) is 54.2 Å². The van der Waals surface area contributed by atoms with Gasteiger partial charge in [0, 0.05) is 50.3 Å². The van der Waals surface area contributed by atoms with Crippen LogP contribution < -0.4 is 10.5 Å². The quantitative estimate of drug-likeness (QED) is 0.360. The van der Waals surface area contributed by atoms with Gasteiger partial charge in [0.2, 0.25) is 0 Å². The summed E-state index contributed by atoms with van der Waals surface area (Å²) in [7, 11) is 0. The zero-order valence-electron chi connectivity index (χ0n) is 21.5. The number of halogens is 4. The van der Waals surface area contributed by atoms with Crippen LogP contribution in [0.4, 0.5) is 23.4 Å². The number of piperazine rings is 1. The zero-order valence-corrected chi connectivity index (χ0v) is 21.5. The lowest BCUT2D eigenvalue weighted by Crippen LogP contribution is -2.49. The molecule has 12 heteroatoms. The van der Waals surface area contributed by atoms with Crippen molar-refractivity contribution in [2.24, 2.45) is 0 Å². The summed E-state index contributed by atoms with van der Waals surface area (Å²) in [5.41, 5.74) is 0.952. The van der Waals surface area contributed by atoms with Crippen LogP contribution in [0.2, 0.25) is 0 Å². The molecule has 4 aromatic rings. The predicted molar refractivity (Wildman–Crippen MR) is 144 cm³/mol. The number of rotatable bonds is 5. The summed E-state index contributed by atoms with van der Waals surface area (Å²) in [6.07, 6.45) is -1.91. The second kappa shape index (κ2) is 11.2. The average molecular weight is 563 g/mol. The van der Waals surface area contributed by atoms with Gasteiger partial charge in [0.05, 0.1) is 22.2 Å². The number of fused-ring (bicyclic) bond motifs is 1. The highest BCUT2D eigenvalue weighted by Crippen LogP contribution is 2.24. The molecule has 0 unspecified atom stereocenters. The van der Waals surface area contributed by atoms with E-state index in [0.717, 1.165) is 6.08 Å². The van der Waals surface area contributed by atoms with Crippen LogP contribution in [0.5, 0.6) is 0 Å². The molecule has 3 heterocycles. The molecule has 1 saturated heterocycles. The van der Waals surface area contributed by atoms with Crippen molar-refractivity contribution in [1.82, 2.24) is 20.1 Å². The lowest BCUT2D eigenvalue weighted by Gasteiger charge is -2.35. The van der Waals surface area contributed by atoms with Crippen molar-refractivity contribution in [3.8, 4) is 6.07 Å². The topological polar surface area (TPSA) is 106 Å². The molecule has 5 rings (SSSR count). The number of amides is 1. The molecular weight excluding hydrogens is 540 g/mol. The number of H-pyrrole nitrogens is 1. The number of carbonyl (C=O) groups is 1. The Morgan fingerprint density at radius 3 is 2.51 bits per heavy atom. The van der Waals surface area contributed by atoms with Gasteiger partial charge in [-0.1, -0.05) is 18.2 Å². The summed E-state index contributed by atoms with van der Waals surface area (Å²) in [5, 5.41) is 16.0. The first-order chi connectivity index (χ1) is 19.6. The number of carbonyl (C=O) groups excluding carboxylic acids is 1. The molecular formula is C29H22F4N6O2. The van der Waals surface area contributed by atoms with Gasteiger partial charge in [-0.25, -0.2) is 14.5 Å². The van der Waals surface area contributed by atoms with E-state index in [4.69, 9.17) is 5.26 Å². The highest BCUT2D eigenvalue weighted by atomic mass is 19.4. The molecule has 0 saturated carbocycles. The van der Waals surface area contributed by atoms with Crippen LogP contribution in [0, 0.1) is 17.1 Å². The first-order valence-electron chi connectivity index (χ1n) is 12.6. The van der Waals surface area contributed by atoms with Crippen LogP contribution in [-0.2, 0) is 6.42 Å². The fourth-order valence-electron chi connectivity index (χ4n) is 4.65. The van der Waals surface area contributed by atoms with Gasteiger partial charge in [0.15, 0.2) is 0 Å². The highest BCUT2D eigenvalue weighted by molar-refractivity contribution is 5.95.